The summed E-state index contributed by atoms with van der Waals surface area (Å²) in [6.45, 7) is 3.29. The summed E-state index contributed by atoms with van der Waals surface area (Å²) in [5.41, 5.74) is 6.39. The predicted octanol–water partition coefficient (Wildman–Crippen LogP) is 1.32. The Balaban J connectivity index is 1.80. The average molecular weight is 405 g/mol. The van der Waals surface area contributed by atoms with Gasteiger partial charge in [0.1, 0.15) is 10.8 Å². The molecule has 1 aliphatic heterocycles. The maximum atomic E-state index is 11.9. The first-order valence-electron chi connectivity index (χ1n) is 8.93. The van der Waals surface area contributed by atoms with Crippen molar-refractivity contribution in [3.05, 3.63) is 23.7 Å². The molecule has 1 unspecified atom stereocenters. The Morgan fingerprint density at radius 3 is 2.82 bits per heavy atom. The standard InChI is InChI=1S/C17H24N8O2S/c1-10-7-13(28-23-10)22-16-14(15(18)26)19-8-12(21-16)25-6-4-5-11(9-25)20-17(27)24(2)3/h7-8,11H,4-6,9H2,1-3H3,(H2,18,26)(H,20,27)(H,21,22). The smallest absolute Gasteiger partial charge is 0.317 e. The molecule has 0 aliphatic carbocycles. The highest BCUT2D eigenvalue weighted by Crippen LogP contribution is 2.25. The van der Waals surface area contributed by atoms with E-state index in [9.17, 15) is 9.59 Å². The summed E-state index contributed by atoms with van der Waals surface area (Å²) >= 11 is 1.27. The zero-order chi connectivity index (χ0) is 20.3. The summed E-state index contributed by atoms with van der Waals surface area (Å²) in [5.74, 6) is 0.267. The maximum absolute atomic E-state index is 11.9. The van der Waals surface area contributed by atoms with Crippen molar-refractivity contribution >= 4 is 40.1 Å². The number of aromatic nitrogens is 3. The molecular formula is C17H24N8O2S. The minimum absolute atomic E-state index is 0.0156. The molecule has 28 heavy (non-hydrogen) atoms. The molecule has 0 saturated carbocycles. The third kappa shape index (κ3) is 4.66. The van der Waals surface area contributed by atoms with Crippen LogP contribution < -0.4 is 21.3 Å². The Bertz CT molecular complexity index is 869. The van der Waals surface area contributed by atoms with Crippen LogP contribution in [0.5, 0.6) is 0 Å². The normalized spacial score (nSPS) is 16.5. The van der Waals surface area contributed by atoms with Crippen molar-refractivity contribution < 1.29 is 9.59 Å². The topological polar surface area (TPSA) is 129 Å². The van der Waals surface area contributed by atoms with Crippen LogP contribution in [0.25, 0.3) is 0 Å². The van der Waals surface area contributed by atoms with E-state index in [4.69, 9.17) is 5.73 Å². The Kier molecular flexibility index (Phi) is 5.93. The molecule has 0 spiro atoms. The second-order valence-electron chi connectivity index (χ2n) is 6.88. The predicted molar refractivity (Wildman–Crippen MR) is 108 cm³/mol. The first-order valence-corrected chi connectivity index (χ1v) is 9.70. The molecule has 0 radical (unpaired) electrons. The lowest BCUT2D eigenvalue weighted by Crippen LogP contribution is -2.50. The number of hydrogen-bond donors (Lipinski definition) is 3. The van der Waals surface area contributed by atoms with Gasteiger partial charge in [-0.05, 0) is 37.4 Å². The second-order valence-corrected chi connectivity index (χ2v) is 7.68. The Morgan fingerprint density at radius 1 is 1.39 bits per heavy atom. The molecule has 2 aromatic rings. The van der Waals surface area contributed by atoms with Gasteiger partial charge in [-0.15, -0.1) is 0 Å². The van der Waals surface area contributed by atoms with Crippen molar-refractivity contribution in [3.8, 4) is 0 Å². The molecule has 0 bridgehead atoms. The van der Waals surface area contributed by atoms with Crippen molar-refractivity contribution in [3.63, 3.8) is 0 Å². The number of anilines is 3. The van der Waals surface area contributed by atoms with Crippen LogP contribution in [0.1, 0.15) is 29.0 Å². The number of piperidine rings is 1. The number of hydrogen-bond acceptors (Lipinski definition) is 8. The average Bonchev–Trinajstić information content (AvgIpc) is 3.06. The van der Waals surface area contributed by atoms with Crippen molar-refractivity contribution in [1.82, 2.24) is 24.6 Å². The van der Waals surface area contributed by atoms with Crippen LogP contribution in [0, 0.1) is 6.92 Å². The molecule has 150 valence electrons. The molecule has 1 saturated heterocycles. The molecule has 10 nitrogen and oxygen atoms in total. The van der Waals surface area contributed by atoms with Gasteiger partial charge in [0.2, 0.25) is 0 Å². The van der Waals surface area contributed by atoms with Gasteiger partial charge in [0.15, 0.2) is 11.5 Å². The van der Waals surface area contributed by atoms with Gasteiger partial charge in [0.25, 0.3) is 5.91 Å². The number of nitrogens with zero attached hydrogens (tertiary/aromatic N) is 5. The van der Waals surface area contributed by atoms with Crippen molar-refractivity contribution in [2.24, 2.45) is 5.73 Å². The van der Waals surface area contributed by atoms with Crippen LogP contribution in [0.2, 0.25) is 0 Å². The number of aryl methyl sites for hydroxylation is 1. The lowest BCUT2D eigenvalue weighted by atomic mass is 10.1. The van der Waals surface area contributed by atoms with Gasteiger partial charge in [-0.1, -0.05) is 0 Å². The minimum atomic E-state index is -0.655. The molecular weight excluding hydrogens is 380 g/mol. The number of nitrogens with one attached hydrogen (secondary N) is 2. The molecule has 1 fully saturated rings. The van der Waals surface area contributed by atoms with Crippen molar-refractivity contribution in [2.75, 3.05) is 37.4 Å². The molecule has 2 aromatic heterocycles. The number of amides is 3. The summed E-state index contributed by atoms with van der Waals surface area (Å²) in [7, 11) is 3.42. The highest BCUT2D eigenvalue weighted by molar-refractivity contribution is 7.10. The molecule has 4 N–H and O–H groups in total. The Labute approximate surface area is 167 Å². The number of urea groups is 1. The lowest BCUT2D eigenvalue weighted by molar-refractivity contribution is 0.0996. The summed E-state index contributed by atoms with van der Waals surface area (Å²) in [6.07, 6.45) is 3.35. The van der Waals surface area contributed by atoms with E-state index in [0.717, 1.165) is 30.1 Å². The van der Waals surface area contributed by atoms with Gasteiger partial charge < -0.3 is 26.2 Å². The molecule has 3 heterocycles. The first-order chi connectivity index (χ1) is 13.3. The quantitative estimate of drug-likeness (QED) is 0.685. The zero-order valence-corrected chi connectivity index (χ0v) is 16.9. The van der Waals surface area contributed by atoms with E-state index in [1.165, 1.54) is 16.4 Å². The highest BCUT2D eigenvalue weighted by Gasteiger charge is 2.24. The molecule has 3 rings (SSSR count). The molecule has 3 amide bonds. The van der Waals surface area contributed by atoms with Gasteiger partial charge in [0, 0.05) is 33.2 Å². The zero-order valence-electron chi connectivity index (χ0n) is 16.1. The van der Waals surface area contributed by atoms with E-state index in [1.807, 2.05) is 17.9 Å². The van der Waals surface area contributed by atoms with E-state index in [0.29, 0.717) is 18.2 Å². The van der Waals surface area contributed by atoms with E-state index in [1.54, 1.807) is 20.3 Å². The Hall–Kier alpha value is -2.95. The molecule has 1 atom stereocenters. The van der Waals surface area contributed by atoms with Gasteiger partial charge in [-0.3, -0.25) is 4.79 Å². The lowest BCUT2D eigenvalue weighted by Gasteiger charge is -2.34. The summed E-state index contributed by atoms with van der Waals surface area (Å²) < 4.78 is 4.21. The van der Waals surface area contributed by atoms with Gasteiger partial charge in [-0.25, -0.2) is 14.8 Å². The van der Waals surface area contributed by atoms with Crippen LogP contribution >= 0.6 is 11.5 Å². The maximum Gasteiger partial charge on any atom is 0.317 e. The van der Waals surface area contributed by atoms with Gasteiger partial charge >= 0.3 is 6.03 Å². The second kappa shape index (κ2) is 8.38. The summed E-state index contributed by atoms with van der Waals surface area (Å²) in [5, 5.41) is 6.85. The molecule has 11 heteroatoms. The number of carbonyl (C=O) groups excluding carboxylic acids is 2. The fourth-order valence-corrected chi connectivity index (χ4v) is 3.61. The monoisotopic (exact) mass is 404 g/mol. The van der Waals surface area contributed by atoms with Gasteiger partial charge in [-0.2, -0.15) is 4.37 Å². The molecule has 0 aromatic carbocycles. The molecule has 1 aliphatic rings. The summed E-state index contributed by atoms with van der Waals surface area (Å²) in [6, 6.07) is 1.75. The summed E-state index contributed by atoms with van der Waals surface area (Å²) in [4.78, 5) is 36.0. The fraction of sp³-hybridized carbons (Fsp3) is 0.471. The minimum Gasteiger partial charge on any atom is -0.364 e. The van der Waals surface area contributed by atoms with E-state index >= 15 is 0 Å². The number of nitrogens with two attached hydrogens (primary N) is 1. The van der Waals surface area contributed by atoms with Crippen molar-refractivity contribution in [1.29, 1.82) is 0 Å². The van der Waals surface area contributed by atoms with E-state index in [2.05, 4.69) is 25.0 Å². The largest absolute Gasteiger partial charge is 0.364 e. The van der Waals surface area contributed by atoms with Crippen LogP contribution in [0.3, 0.4) is 0 Å². The Morgan fingerprint density at radius 2 is 2.18 bits per heavy atom. The number of primary amides is 1. The first kappa shape index (κ1) is 19.8. The van der Waals surface area contributed by atoms with E-state index in [-0.39, 0.29) is 17.8 Å². The van der Waals surface area contributed by atoms with Crippen LogP contribution in [0.4, 0.5) is 21.4 Å². The van der Waals surface area contributed by atoms with Crippen LogP contribution in [-0.4, -0.2) is 64.4 Å². The SMILES string of the molecule is Cc1cc(Nc2nc(N3CCCC(NC(=O)N(C)C)C3)cnc2C(N)=O)sn1. The fourth-order valence-electron chi connectivity index (χ4n) is 2.95. The number of rotatable bonds is 5. The van der Waals surface area contributed by atoms with Crippen molar-refractivity contribution in [2.45, 2.75) is 25.8 Å². The third-order valence-corrected chi connectivity index (χ3v) is 5.14. The van der Waals surface area contributed by atoms with E-state index < -0.39 is 5.91 Å². The number of carbonyl (C=O) groups is 2. The van der Waals surface area contributed by atoms with Crippen LogP contribution in [-0.2, 0) is 0 Å². The highest BCUT2D eigenvalue weighted by atomic mass is 32.1. The van der Waals surface area contributed by atoms with Crippen LogP contribution in [0.15, 0.2) is 12.3 Å². The third-order valence-electron chi connectivity index (χ3n) is 4.34. The van der Waals surface area contributed by atoms with Gasteiger partial charge in [0.05, 0.1) is 11.9 Å².